The van der Waals surface area contributed by atoms with Crippen LogP contribution in [0.25, 0.3) is 0 Å². The monoisotopic (exact) mass is 405 g/mol. The van der Waals surface area contributed by atoms with E-state index in [4.69, 9.17) is 5.11 Å². The molecule has 1 unspecified atom stereocenters. The summed E-state index contributed by atoms with van der Waals surface area (Å²) in [7, 11) is 0. The lowest BCUT2D eigenvalue weighted by molar-refractivity contribution is -0.132. The summed E-state index contributed by atoms with van der Waals surface area (Å²) in [4.78, 5) is 37.2. The number of carbonyl (C=O) groups excluding carboxylic acids is 3. The highest BCUT2D eigenvalue weighted by atomic mass is 16.3. The fourth-order valence-electron chi connectivity index (χ4n) is 2.58. The van der Waals surface area contributed by atoms with Crippen molar-refractivity contribution in [1.29, 1.82) is 0 Å². The molecular formula is C22H35N3O4. The average molecular weight is 406 g/mol. The van der Waals surface area contributed by atoms with Gasteiger partial charge in [0.1, 0.15) is 12.1 Å². The van der Waals surface area contributed by atoms with Gasteiger partial charge in [0, 0.05) is 12.1 Å². The minimum Gasteiger partial charge on any atom is -0.392 e. The number of hydrogen-bond acceptors (Lipinski definition) is 4. The zero-order valence-electron chi connectivity index (χ0n) is 18.3. The fourth-order valence-corrected chi connectivity index (χ4v) is 2.58. The van der Waals surface area contributed by atoms with Gasteiger partial charge in [-0.1, -0.05) is 46.8 Å². The SMILES string of the molecule is CC(C)C(NC(=O)CCC(C)(C)C)C(=O)N[C@@H](C)C(=O)Nc1ccc(CO)cc1. The summed E-state index contributed by atoms with van der Waals surface area (Å²) in [5, 5.41) is 17.3. The Balaban J connectivity index is 2.63. The maximum atomic E-state index is 12.6. The van der Waals surface area contributed by atoms with Crippen molar-refractivity contribution >= 4 is 23.4 Å². The molecule has 29 heavy (non-hydrogen) atoms. The summed E-state index contributed by atoms with van der Waals surface area (Å²) in [5.74, 6) is -1.04. The molecule has 0 aliphatic carbocycles. The van der Waals surface area contributed by atoms with E-state index in [2.05, 4.69) is 36.7 Å². The van der Waals surface area contributed by atoms with Crippen molar-refractivity contribution in [3.63, 3.8) is 0 Å². The van der Waals surface area contributed by atoms with E-state index in [9.17, 15) is 14.4 Å². The van der Waals surface area contributed by atoms with Gasteiger partial charge in [-0.05, 0) is 42.4 Å². The highest BCUT2D eigenvalue weighted by Crippen LogP contribution is 2.20. The highest BCUT2D eigenvalue weighted by molar-refractivity contribution is 5.98. The van der Waals surface area contributed by atoms with Gasteiger partial charge in [0.05, 0.1) is 6.61 Å². The Morgan fingerprint density at radius 1 is 0.966 bits per heavy atom. The van der Waals surface area contributed by atoms with Gasteiger partial charge in [-0.15, -0.1) is 0 Å². The van der Waals surface area contributed by atoms with E-state index < -0.39 is 12.1 Å². The molecule has 1 rings (SSSR count). The predicted octanol–water partition coefficient (Wildman–Crippen LogP) is 2.59. The van der Waals surface area contributed by atoms with Gasteiger partial charge in [0.2, 0.25) is 17.7 Å². The number of nitrogens with one attached hydrogen (secondary N) is 3. The Morgan fingerprint density at radius 3 is 2.03 bits per heavy atom. The van der Waals surface area contributed by atoms with Gasteiger partial charge in [0.25, 0.3) is 0 Å². The average Bonchev–Trinajstić information content (AvgIpc) is 2.64. The van der Waals surface area contributed by atoms with Gasteiger partial charge < -0.3 is 21.1 Å². The zero-order chi connectivity index (χ0) is 22.2. The Kier molecular flexibility index (Phi) is 9.30. The Hall–Kier alpha value is -2.41. The second-order valence-corrected chi connectivity index (χ2v) is 8.92. The van der Waals surface area contributed by atoms with Crippen LogP contribution in [0.1, 0.15) is 59.9 Å². The number of aliphatic hydroxyl groups excluding tert-OH is 1. The van der Waals surface area contributed by atoms with Crippen molar-refractivity contribution in [2.75, 3.05) is 5.32 Å². The first-order valence-electron chi connectivity index (χ1n) is 10.0. The van der Waals surface area contributed by atoms with Gasteiger partial charge in [0.15, 0.2) is 0 Å². The smallest absolute Gasteiger partial charge is 0.246 e. The van der Waals surface area contributed by atoms with Crippen LogP contribution in [0.15, 0.2) is 24.3 Å². The molecular weight excluding hydrogens is 370 g/mol. The summed E-state index contributed by atoms with van der Waals surface area (Å²) in [6, 6.07) is 5.31. The Morgan fingerprint density at radius 2 is 1.55 bits per heavy atom. The second kappa shape index (κ2) is 11.0. The lowest BCUT2D eigenvalue weighted by Gasteiger charge is -2.25. The molecule has 0 spiro atoms. The topological polar surface area (TPSA) is 108 Å². The van der Waals surface area contributed by atoms with Gasteiger partial charge >= 0.3 is 0 Å². The molecule has 1 aromatic rings. The van der Waals surface area contributed by atoms with Crippen LogP contribution >= 0.6 is 0 Å². The first kappa shape index (κ1) is 24.6. The molecule has 0 aliphatic heterocycles. The molecule has 2 atom stereocenters. The molecule has 0 aliphatic rings. The maximum Gasteiger partial charge on any atom is 0.246 e. The van der Waals surface area contributed by atoms with Crippen molar-refractivity contribution in [3.8, 4) is 0 Å². The van der Waals surface area contributed by atoms with Crippen LogP contribution in [0.2, 0.25) is 0 Å². The first-order valence-corrected chi connectivity index (χ1v) is 10.0. The molecule has 162 valence electrons. The van der Waals surface area contributed by atoms with E-state index >= 15 is 0 Å². The van der Waals surface area contributed by atoms with Crippen molar-refractivity contribution in [2.45, 2.75) is 73.1 Å². The summed E-state index contributed by atoms with van der Waals surface area (Å²) in [5.41, 5.74) is 1.35. The lowest BCUT2D eigenvalue weighted by Crippen LogP contribution is -2.53. The van der Waals surface area contributed by atoms with Crippen molar-refractivity contribution in [3.05, 3.63) is 29.8 Å². The number of anilines is 1. The quantitative estimate of drug-likeness (QED) is 0.506. The van der Waals surface area contributed by atoms with Crippen molar-refractivity contribution < 1.29 is 19.5 Å². The molecule has 0 fully saturated rings. The number of benzene rings is 1. The van der Waals surface area contributed by atoms with Crippen LogP contribution < -0.4 is 16.0 Å². The van der Waals surface area contributed by atoms with Crippen LogP contribution in [0.4, 0.5) is 5.69 Å². The van der Waals surface area contributed by atoms with Crippen LogP contribution in [-0.2, 0) is 21.0 Å². The van der Waals surface area contributed by atoms with Gasteiger partial charge in [-0.2, -0.15) is 0 Å². The molecule has 0 saturated heterocycles. The van der Waals surface area contributed by atoms with E-state index in [1.807, 2.05) is 13.8 Å². The number of amides is 3. The van der Waals surface area contributed by atoms with Crippen LogP contribution in [0.3, 0.4) is 0 Å². The fraction of sp³-hybridized carbons (Fsp3) is 0.591. The molecule has 7 heteroatoms. The molecule has 0 saturated carbocycles. The van der Waals surface area contributed by atoms with E-state index in [1.54, 1.807) is 31.2 Å². The summed E-state index contributed by atoms with van der Waals surface area (Å²) < 4.78 is 0. The molecule has 0 radical (unpaired) electrons. The number of aliphatic hydroxyl groups is 1. The third-order valence-electron chi connectivity index (χ3n) is 4.52. The van der Waals surface area contributed by atoms with E-state index in [-0.39, 0.29) is 35.7 Å². The predicted molar refractivity (Wildman–Crippen MR) is 114 cm³/mol. The van der Waals surface area contributed by atoms with E-state index in [0.717, 1.165) is 12.0 Å². The van der Waals surface area contributed by atoms with Gasteiger partial charge in [-0.25, -0.2) is 0 Å². The zero-order valence-corrected chi connectivity index (χ0v) is 18.3. The highest BCUT2D eigenvalue weighted by Gasteiger charge is 2.27. The second-order valence-electron chi connectivity index (χ2n) is 8.92. The molecule has 1 aromatic carbocycles. The van der Waals surface area contributed by atoms with Crippen molar-refractivity contribution in [1.82, 2.24) is 10.6 Å². The molecule has 4 N–H and O–H groups in total. The lowest BCUT2D eigenvalue weighted by atomic mass is 9.90. The molecule has 0 aromatic heterocycles. The summed E-state index contributed by atoms with van der Waals surface area (Å²) in [6.45, 7) is 11.4. The van der Waals surface area contributed by atoms with Crippen LogP contribution in [0.5, 0.6) is 0 Å². The number of rotatable bonds is 9. The molecule has 0 heterocycles. The number of hydrogen-bond donors (Lipinski definition) is 4. The third kappa shape index (κ3) is 9.09. The van der Waals surface area contributed by atoms with Crippen LogP contribution in [0, 0.1) is 11.3 Å². The van der Waals surface area contributed by atoms with Crippen molar-refractivity contribution in [2.24, 2.45) is 11.3 Å². The largest absolute Gasteiger partial charge is 0.392 e. The minimum atomic E-state index is -0.771. The van der Waals surface area contributed by atoms with E-state index in [1.165, 1.54) is 0 Å². The van der Waals surface area contributed by atoms with Crippen LogP contribution in [-0.4, -0.2) is 34.9 Å². The molecule has 3 amide bonds. The third-order valence-corrected chi connectivity index (χ3v) is 4.52. The summed E-state index contributed by atoms with van der Waals surface area (Å²) in [6.07, 6.45) is 1.07. The first-order chi connectivity index (χ1) is 13.4. The number of carbonyl (C=O) groups is 3. The minimum absolute atomic E-state index is 0.0366. The van der Waals surface area contributed by atoms with Gasteiger partial charge in [-0.3, -0.25) is 14.4 Å². The maximum absolute atomic E-state index is 12.6. The summed E-state index contributed by atoms with van der Waals surface area (Å²) >= 11 is 0. The standard InChI is InChI=1S/C22H35N3O4/c1-14(2)19(25-18(27)11-12-22(4,5)6)21(29)23-15(3)20(28)24-17-9-7-16(13-26)8-10-17/h7-10,14-15,19,26H,11-13H2,1-6H3,(H,23,29)(H,24,28)(H,25,27)/t15-,19?/m0/s1. The van der Waals surface area contributed by atoms with E-state index in [0.29, 0.717) is 12.1 Å². The normalized spacial score (nSPS) is 13.5. The Labute approximate surface area is 173 Å². The molecule has 7 nitrogen and oxygen atoms in total. The Bertz CT molecular complexity index is 693. The molecule has 0 bridgehead atoms.